The van der Waals surface area contributed by atoms with Crippen molar-refractivity contribution in [2.75, 3.05) is 20.6 Å². The second-order valence-electron chi connectivity index (χ2n) is 14.3. The lowest BCUT2D eigenvalue weighted by atomic mass is 9.98. The van der Waals surface area contributed by atoms with Gasteiger partial charge >= 0.3 is 0 Å². The third-order valence-corrected chi connectivity index (χ3v) is 9.92. The maximum atomic E-state index is 12.3. The van der Waals surface area contributed by atoms with E-state index in [-0.39, 0.29) is 24.7 Å². The fraction of sp³-hybridized carbons (Fsp3) is 0.737. The Morgan fingerprint density at radius 3 is 1.98 bits per heavy atom. The number of aliphatic imine (C=N–C) groups is 1. The molecule has 12 atom stereocenters. The number of likely N-dealkylation sites (N-methyl/N-ethyl adjacent to an activating group) is 1. The minimum absolute atomic E-state index is 0.0249. The van der Waals surface area contributed by atoms with Crippen LogP contribution in [0, 0.1) is 0 Å². The van der Waals surface area contributed by atoms with Crippen LogP contribution in [-0.4, -0.2) is 176 Å². The van der Waals surface area contributed by atoms with Crippen molar-refractivity contribution in [2.24, 2.45) is 10.7 Å². The molecule has 304 valence electrons. The van der Waals surface area contributed by atoms with Gasteiger partial charge in [0, 0.05) is 26.8 Å². The zero-order valence-corrected chi connectivity index (χ0v) is 33.4. The Bertz CT molecular complexity index is 1250. The van der Waals surface area contributed by atoms with Crippen molar-refractivity contribution >= 4 is 32.7 Å². The summed E-state index contributed by atoms with van der Waals surface area (Å²) in [5.74, 6) is -0.113. The summed E-state index contributed by atoms with van der Waals surface area (Å²) in [6.07, 6.45) is -3.88. The summed E-state index contributed by atoms with van der Waals surface area (Å²) in [7, 11) is 3.26. The molecule has 12 unspecified atom stereocenters. The van der Waals surface area contributed by atoms with Crippen LogP contribution in [0.2, 0.25) is 0 Å². The van der Waals surface area contributed by atoms with Crippen molar-refractivity contribution < 1.29 is 49.2 Å². The van der Waals surface area contributed by atoms with E-state index in [0.717, 1.165) is 5.57 Å². The minimum atomic E-state index is -1.41. The number of carbonyl (C=O) groups is 1. The van der Waals surface area contributed by atoms with Gasteiger partial charge in [0.25, 0.3) is 12.5 Å². The molecule has 0 amide bonds. The number of hydrogen-bond donors (Lipinski definition) is 9. The molecule has 0 radical (unpaired) electrons. The van der Waals surface area contributed by atoms with Crippen LogP contribution >= 0.6 is 0 Å². The van der Waals surface area contributed by atoms with Gasteiger partial charge in [0.2, 0.25) is 17.8 Å². The molecule has 0 heterocycles. The molecule has 0 aromatic rings. The predicted octanol–water partition coefficient (Wildman–Crippen LogP) is -0.295. The van der Waals surface area contributed by atoms with Crippen molar-refractivity contribution in [3.05, 3.63) is 30.2 Å². The molecule has 0 aromatic carbocycles. The Morgan fingerprint density at radius 1 is 0.925 bits per heavy atom. The fourth-order valence-electron chi connectivity index (χ4n) is 5.97. The first kappa shape index (κ1) is 50.2. The zero-order valence-electron chi connectivity index (χ0n) is 33.4. The van der Waals surface area contributed by atoms with E-state index in [1.54, 1.807) is 32.8 Å². The number of ketones is 1. The molecule has 15 nitrogen and oxygen atoms in total. The number of nitrogens with zero attached hydrogens (tertiary/aromatic N) is 5. The highest BCUT2D eigenvalue weighted by Crippen LogP contribution is 2.23. The fourth-order valence-corrected chi connectivity index (χ4v) is 5.97. The molecule has 15 heteroatoms. The molecule has 0 fully saturated rings. The third-order valence-electron chi connectivity index (χ3n) is 9.92. The second-order valence-corrected chi connectivity index (χ2v) is 14.3. The van der Waals surface area contributed by atoms with Crippen LogP contribution in [0.25, 0.3) is 0 Å². The first-order chi connectivity index (χ1) is 24.7. The molecule has 0 rings (SSSR count). The minimum Gasteiger partial charge on any atom is -0.393 e. The Labute approximate surface area is 318 Å². The van der Waals surface area contributed by atoms with Crippen LogP contribution in [0.15, 0.2) is 35.2 Å². The number of hydrogen-bond acceptors (Lipinski definition) is 12. The number of carbonyl (C=O) groups excluding carboxylic acids is 1. The SMILES string of the molecule is C=C=C(C(CCCCN)N(C)C(O)C(CC(C)O)NC(O)C(CCCC(=C)C(C)N=C)NC(O)C(CC(O)[N+](=C)C)[N+](=C)C(C)O)[N+](=C)C(C)C(C)=O. The van der Waals surface area contributed by atoms with Crippen molar-refractivity contribution in [2.45, 2.75) is 159 Å². The van der Waals surface area contributed by atoms with Crippen molar-refractivity contribution in [1.82, 2.24) is 15.5 Å². The molecule has 0 bridgehead atoms. The molecule has 0 aromatic heterocycles. The lowest BCUT2D eigenvalue weighted by molar-refractivity contribution is -0.654. The van der Waals surface area contributed by atoms with Gasteiger partial charge in [-0.15, -0.1) is 0 Å². The van der Waals surface area contributed by atoms with E-state index in [9.17, 15) is 35.4 Å². The summed E-state index contributed by atoms with van der Waals surface area (Å²) < 4.78 is 4.10. The first-order valence-corrected chi connectivity index (χ1v) is 18.4. The van der Waals surface area contributed by atoms with Crippen molar-refractivity contribution in [1.29, 1.82) is 0 Å². The summed E-state index contributed by atoms with van der Waals surface area (Å²) in [4.78, 5) is 18.0. The summed E-state index contributed by atoms with van der Waals surface area (Å²) in [5.41, 5.74) is 10.0. The average molecular weight is 754 g/mol. The van der Waals surface area contributed by atoms with Crippen molar-refractivity contribution in [3.8, 4) is 0 Å². The Hall–Kier alpha value is -2.79. The van der Waals surface area contributed by atoms with E-state index in [0.29, 0.717) is 50.8 Å². The Kier molecular flexibility index (Phi) is 24.0. The van der Waals surface area contributed by atoms with Gasteiger partial charge in [0.15, 0.2) is 12.0 Å². The molecule has 0 aliphatic heterocycles. The molecular formula is C38H73N8O7+3. The van der Waals surface area contributed by atoms with Gasteiger partial charge in [0.05, 0.1) is 18.2 Å². The highest BCUT2D eigenvalue weighted by Gasteiger charge is 2.40. The highest BCUT2D eigenvalue weighted by atomic mass is 16.3. The first-order valence-electron chi connectivity index (χ1n) is 18.4. The molecule has 0 spiro atoms. The molecule has 10 N–H and O–H groups in total. The Morgan fingerprint density at radius 2 is 1.51 bits per heavy atom. The number of nitrogens with one attached hydrogen (secondary N) is 2. The van der Waals surface area contributed by atoms with Gasteiger partial charge in [-0.3, -0.25) is 25.3 Å². The molecule has 0 saturated heterocycles. The van der Waals surface area contributed by atoms with Crippen LogP contribution in [0.5, 0.6) is 0 Å². The number of aliphatic hydroxyl groups is 6. The summed E-state index contributed by atoms with van der Waals surface area (Å²) >= 11 is 0. The standard InChI is InChI=1S/C38H73N8O7/c1-14-32(44(11)27(5)28(6)48)33(20-15-16-21-39)46(13)38(53)31(22-25(3)47)42-36(51)30(19-17-18-24(2)26(4)40-8)41-37(52)34(45(12)29(7)49)23-35(50)43(9)10/h25-27,29-31,33-38,41-42,47,49-53H,1-2,8-9,11-12,15-23,39H2,3-7,10,13H3/q+3. The number of aliphatic hydroxyl groups excluding tert-OH is 6. The summed E-state index contributed by atoms with van der Waals surface area (Å²) in [5, 5.41) is 72.8. The van der Waals surface area contributed by atoms with Crippen LogP contribution < -0.4 is 16.4 Å². The molecule has 0 saturated carbocycles. The Balaban J connectivity index is 6.74. The van der Waals surface area contributed by atoms with Gasteiger partial charge in [-0.1, -0.05) is 30.9 Å². The number of unbranched alkanes of at least 4 members (excludes halogenated alkanes) is 1. The lowest BCUT2D eigenvalue weighted by Crippen LogP contribution is -2.62. The summed E-state index contributed by atoms with van der Waals surface area (Å²) in [6.45, 7) is 31.8. The topological polar surface area (TPSA) is 213 Å². The van der Waals surface area contributed by atoms with Gasteiger partial charge in [-0.05, 0) is 72.7 Å². The average Bonchev–Trinajstić information content (AvgIpc) is 3.10. The van der Waals surface area contributed by atoms with Gasteiger partial charge in [-0.25, -0.2) is 9.15 Å². The predicted molar refractivity (Wildman–Crippen MR) is 212 cm³/mol. The maximum Gasteiger partial charge on any atom is 0.260 e. The normalized spacial score (nSPS) is 18.5. The smallest absolute Gasteiger partial charge is 0.260 e. The molecule has 53 heavy (non-hydrogen) atoms. The van der Waals surface area contributed by atoms with E-state index >= 15 is 0 Å². The lowest BCUT2D eigenvalue weighted by Gasteiger charge is -2.39. The highest BCUT2D eigenvalue weighted by molar-refractivity contribution is 5.79. The zero-order chi connectivity index (χ0) is 41.2. The van der Waals surface area contributed by atoms with E-state index in [1.807, 2.05) is 6.92 Å². The largest absolute Gasteiger partial charge is 0.393 e. The monoisotopic (exact) mass is 754 g/mol. The van der Waals surface area contributed by atoms with E-state index < -0.39 is 67.5 Å². The van der Waals surface area contributed by atoms with Gasteiger partial charge in [-0.2, -0.15) is 4.58 Å². The van der Waals surface area contributed by atoms with E-state index in [1.165, 1.54) is 27.6 Å². The summed E-state index contributed by atoms with van der Waals surface area (Å²) in [6, 6.07) is -3.97. The van der Waals surface area contributed by atoms with E-state index in [4.69, 9.17) is 5.73 Å². The number of Topliss-reactive ketones (excluding diaryl/α,β-unsaturated/α-hetero) is 1. The molecule has 0 aliphatic carbocycles. The molecular weight excluding hydrogens is 680 g/mol. The van der Waals surface area contributed by atoms with Crippen LogP contribution in [0.4, 0.5) is 0 Å². The van der Waals surface area contributed by atoms with Crippen LogP contribution in [0.1, 0.15) is 86.0 Å². The third kappa shape index (κ3) is 17.0. The second kappa shape index (κ2) is 25.3. The van der Waals surface area contributed by atoms with Gasteiger partial charge < -0.3 is 36.4 Å². The van der Waals surface area contributed by atoms with Crippen LogP contribution in [0.3, 0.4) is 0 Å². The number of rotatable bonds is 30. The molecule has 0 aliphatic rings. The number of nitrogens with two attached hydrogens (primary N) is 1. The van der Waals surface area contributed by atoms with Crippen molar-refractivity contribution in [3.63, 3.8) is 0 Å². The van der Waals surface area contributed by atoms with Gasteiger partial charge in [0.1, 0.15) is 52.1 Å². The van der Waals surface area contributed by atoms with E-state index in [2.05, 4.69) is 61.4 Å². The maximum absolute atomic E-state index is 12.3. The quantitative estimate of drug-likeness (QED) is 0.0116. The van der Waals surface area contributed by atoms with Crippen LogP contribution in [-0.2, 0) is 4.79 Å².